The van der Waals surface area contributed by atoms with Crippen molar-refractivity contribution < 1.29 is 27.4 Å². The molecule has 1 N–H and O–H groups in total. The molecule has 0 bridgehead atoms. The van der Waals surface area contributed by atoms with Gasteiger partial charge in [-0.2, -0.15) is 13.2 Å². The molecule has 25 heavy (non-hydrogen) atoms. The van der Waals surface area contributed by atoms with Crippen molar-refractivity contribution in [2.75, 3.05) is 13.2 Å². The van der Waals surface area contributed by atoms with Crippen LogP contribution in [0.3, 0.4) is 0 Å². The Labute approximate surface area is 146 Å². The number of alkyl halides is 3. The molecule has 1 aromatic rings. The van der Waals surface area contributed by atoms with Gasteiger partial charge in [0.1, 0.15) is 12.4 Å². The lowest BCUT2D eigenvalue weighted by Crippen LogP contribution is -2.43. The van der Waals surface area contributed by atoms with Gasteiger partial charge in [0.05, 0.1) is 6.61 Å². The number of amides is 1. The number of carbonyl (C=O) groups is 1. The number of aryl methyl sites for hydroxylation is 1. The summed E-state index contributed by atoms with van der Waals surface area (Å²) in [6.07, 6.45) is -5.15. The topological polar surface area (TPSA) is 47.6 Å². The molecule has 2 unspecified atom stereocenters. The van der Waals surface area contributed by atoms with Crippen LogP contribution in [0, 0.1) is 6.92 Å². The predicted octanol–water partition coefficient (Wildman–Crippen LogP) is 3.97. The molecule has 142 valence electrons. The maximum atomic E-state index is 12.1. The van der Waals surface area contributed by atoms with Gasteiger partial charge in [0.2, 0.25) is 0 Å². The minimum atomic E-state index is -4.38. The van der Waals surface area contributed by atoms with E-state index in [1.165, 1.54) is 0 Å². The highest BCUT2D eigenvalue weighted by molar-refractivity contribution is 5.81. The molecule has 0 radical (unpaired) electrons. The second kappa shape index (κ2) is 9.08. The van der Waals surface area contributed by atoms with E-state index in [9.17, 15) is 18.0 Å². The van der Waals surface area contributed by atoms with E-state index < -0.39 is 30.8 Å². The van der Waals surface area contributed by atoms with Crippen LogP contribution in [0.4, 0.5) is 13.2 Å². The Morgan fingerprint density at radius 2 is 1.84 bits per heavy atom. The zero-order chi connectivity index (χ0) is 19.2. The van der Waals surface area contributed by atoms with E-state index in [-0.39, 0.29) is 6.61 Å². The summed E-state index contributed by atoms with van der Waals surface area (Å²) in [5.74, 6) is 0.546. The number of nitrogens with one attached hydrogen (secondary N) is 1. The van der Waals surface area contributed by atoms with Crippen LogP contribution in [0.1, 0.15) is 44.7 Å². The van der Waals surface area contributed by atoms with Crippen molar-refractivity contribution >= 4 is 5.91 Å². The van der Waals surface area contributed by atoms with Gasteiger partial charge in [-0.15, -0.1) is 0 Å². The van der Waals surface area contributed by atoms with Crippen LogP contribution in [0.5, 0.6) is 5.75 Å². The molecule has 0 fully saturated rings. The first-order valence-electron chi connectivity index (χ1n) is 8.21. The Kier molecular flexibility index (Phi) is 7.73. The number of hydrogen-bond donors (Lipinski definition) is 1. The van der Waals surface area contributed by atoms with Crippen LogP contribution in [-0.2, 0) is 9.53 Å². The van der Waals surface area contributed by atoms with E-state index in [0.29, 0.717) is 11.7 Å². The van der Waals surface area contributed by atoms with Crippen molar-refractivity contribution in [3.8, 4) is 5.75 Å². The Hall–Kier alpha value is -1.76. The molecule has 0 aliphatic heterocycles. The van der Waals surface area contributed by atoms with Gasteiger partial charge >= 0.3 is 6.18 Å². The third-order valence-electron chi connectivity index (χ3n) is 3.57. The zero-order valence-electron chi connectivity index (χ0n) is 15.2. The van der Waals surface area contributed by atoms with E-state index in [0.717, 1.165) is 11.1 Å². The van der Waals surface area contributed by atoms with E-state index >= 15 is 0 Å². The quantitative estimate of drug-likeness (QED) is 0.762. The highest BCUT2D eigenvalue weighted by Crippen LogP contribution is 2.25. The predicted molar refractivity (Wildman–Crippen MR) is 89.8 cm³/mol. The lowest BCUT2D eigenvalue weighted by molar-refractivity contribution is -0.175. The van der Waals surface area contributed by atoms with E-state index in [4.69, 9.17) is 4.74 Å². The summed E-state index contributed by atoms with van der Waals surface area (Å²) in [6.45, 7) is 7.63. The Morgan fingerprint density at radius 3 is 2.40 bits per heavy atom. The standard InChI is InChI=1S/C18H26F3NO3/c1-11(2)15-7-6-12(3)16(8-15)25-14(5)17(23)22-13(4)9-24-10-18(19,20)21/h6-8,11,13-14H,9-10H2,1-5H3,(H,22,23). The second-order valence-electron chi connectivity index (χ2n) is 6.48. The molecule has 1 rings (SSSR count). The van der Waals surface area contributed by atoms with Gasteiger partial charge in [-0.3, -0.25) is 4.79 Å². The summed E-state index contributed by atoms with van der Waals surface area (Å²) in [5.41, 5.74) is 2.01. The summed E-state index contributed by atoms with van der Waals surface area (Å²) in [4.78, 5) is 12.1. The van der Waals surface area contributed by atoms with Crippen molar-refractivity contribution in [1.29, 1.82) is 0 Å². The average Bonchev–Trinajstić information content (AvgIpc) is 2.47. The van der Waals surface area contributed by atoms with Gasteiger partial charge in [-0.05, 0) is 43.9 Å². The van der Waals surface area contributed by atoms with Crippen molar-refractivity contribution in [3.05, 3.63) is 29.3 Å². The summed E-state index contributed by atoms with van der Waals surface area (Å²) in [5, 5.41) is 2.59. The van der Waals surface area contributed by atoms with E-state index in [1.807, 2.05) is 25.1 Å². The van der Waals surface area contributed by atoms with Crippen molar-refractivity contribution in [3.63, 3.8) is 0 Å². The van der Waals surface area contributed by atoms with Gasteiger partial charge in [-0.1, -0.05) is 26.0 Å². The zero-order valence-corrected chi connectivity index (χ0v) is 15.2. The second-order valence-corrected chi connectivity index (χ2v) is 6.48. The first-order valence-corrected chi connectivity index (χ1v) is 8.21. The minimum absolute atomic E-state index is 0.222. The van der Waals surface area contributed by atoms with Gasteiger partial charge in [0.25, 0.3) is 5.91 Å². The number of benzene rings is 1. The first kappa shape index (κ1) is 21.3. The Morgan fingerprint density at radius 1 is 1.20 bits per heavy atom. The van der Waals surface area contributed by atoms with Crippen LogP contribution in [0.2, 0.25) is 0 Å². The van der Waals surface area contributed by atoms with E-state index in [1.54, 1.807) is 13.8 Å². The molecule has 0 aromatic heterocycles. The monoisotopic (exact) mass is 361 g/mol. The highest BCUT2D eigenvalue weighted by Gasteiger charge is 2.28. The van der Waals surface area contributed by atoms with Crippen LogP contribution in [0.25, 0.3) is 0 Å². The van der Waals surface area contributed by atoms with Crippen molar-refractivity contribution in [2.24, 2.45) is 0 Å². The van der Waals surface area contributed by atoms with Crippen LogP contribution < -0.4 is 10.1 Å². The fraction of sp³-hybridized carbons (Fsp3) is 0.611. The molecule has 0 saturated heterocycles. The first-order chi connectivity index (χ1) is 11.5. The van der Waals surface area contributed by atoms with Gasteiger partial charge < -0.3 is 14.8 Å². The maximum absolute atomic E-state index is 12.1. The molecule has 7 heteroatoms. The number of halogens is 3. The van der Waals surface area contributed by atoms with Crippen LogP contribution >= 0.6 is 0 Å². The third kappa shape index (κ3) is 7.77. The number of ether oxygens (including phenoxy) is 2. The summed E-state index contributed by atoms with van der Waals surface area (Å²) >= 11 is 0. The fourth-order valence-electron chi connectivity index (χ4n) is 2.10. The third-order valence-corrected chi connectivity index (χ3v) is 3.57. The molecule has 2 atom stereocenters. The molecular weight excluding hydrogens is 335 g/mol. The number of carbonyl (C=O) groups excluding carboxylic acids is 1. The maximum Gasteiger partial charge on any atom is 0.411 e. The number of hydrogen-bond acceptors (Lipinski definition) is 3. The Bertz CT molecular complexity index is 573. The molecule has 1 amide bonds. The van der Waals surface area contributed by atoms with Gasteiger partial charge in [0.15, 0.2) is 6.10 Å². The van der Waals surface area contributed by atoms with Gasteiger partial charge in [0, 0.05) is 6.04 Å². The molecule has 1 aromatic carbocycles. The smallest absolute Gasteiger partial charge is 0.411 e. The molecule has 0 spiro atoms. The molecule has 0 heterocycles. The normalized spacial score (nSPS) is 14.3. The Balaban J connectivity index is 2.55. The molecular formula is C18H26F3NO3. The number of rotatable bonds is 8. The SMILES string of the molecule is Cc1ccc(C(C)C)cc1OC(C)C(=O)NC(C)COCC(F)(F)F. The van der Waals surface area contributed by atoms with Crippen LogP contribution in [0.15, 0.2) is 18.2 Å². The average molecular weight is 361 g/mol. The molecule has 4 nitrogen and oxygen atoms in total. The molecule has 0 aliphatic rings. The highest BCUT2D eigenvalue weighted by atomic mass is 19.4. The molecule has 0 saturated carbocycles. The van der Waals surface area contributed by atoms with Crippen molar-refractivity contribution in [2.45, 2.75) is 58.9 Å². The van der Waals surface area contributed by atoms with Crippen molar-refractivity contribution in [1.82, 2.24) is 5.32 Å². The lowest BCUT2D eigenvalue weighted by Gasteiger charge is -2.20. The summed E-state index contributed by atoms with van der Waals surface area (Å²) < 4.78 is 46.4. The van der Waals surface area contributed by atoms with E-state index in [2.05, 4.69) is 23.9 Å². The fourth-order valence-corrected chi connectivity index (χ4v) is 2.10. The summed E-state index contributed by atoms with van der Waals surface area (Å²) in [7, 11) is 0. The largest absolute Gasteiger partial charge is 0.481 e. The lowest BCUT2D eigenvalue weighted by atomic mass is 10.0. The van der Waals surface area contributed by atoms with Gasteiger partial charge in [-0.25, -0.2) is 0 Å². The summed E-state index contributed by atoms with van der Waals surface area (Å²) in [6, 6.07) is 5.30. The molecule has 0 aliphatic carbocycles. The van der Waals surface area contributed by atoms with Crippen LogP contribution in [-0.4, -0.2) is 37.4 Å². The minimum Gasteiger partial charge on any atom is -0.481 e.